The third-order valence-corrected chi connectivity index (χ3v) is 2.67. The minimum Gasteiger partial charge on any atom is -0.478 e. The van der Waals surface area contributed by atoms with Crippen molar-refractivity contribution in [2.24, 2.45) is 0 Å². The second kappa shape index (κ2) is 8.12. The van der Waals surface area contributed by atoms with Gasteiger partial charge in [-0.3, -0.25) is 4.79 Å². The maximum atomic E-state index is 11.5. The van der Waals surface area contributed by atoms with Gasteiger partial charge in [-0.1, -0.05) is 24.3 Å². The molecule has 0 aliphatic carbocycles. The van der Waals surface area contributed by atoms with E-state index in [1.165, 1.54) is 6.08 Å². The van der Waals surface area contributed by atoms with Gasteiger partial charge in [0, 0.05) is 12.7 Å². The molecule has 0 fully saturated rings. The van der Waals surface area contributed by atoms with E-state index in [2.05, 4.69) is 5.32 Å². The number of rotatable bonds is 7. The molecular weight excluding hydrogens is 258 g/mol. The lowest BCUT2D eigenvalue weighted by Crippen LogP contribution is -2.30. The standard InChI is InChI=1S/C15H19NO4/c1-3-20-10-14(17)16-11(2)13-7-4-12(5-8-13)6-9-15(18)19/h4-9,11H,3,10H2,1-2H3,(H,16,17)(H,18,19). The van der Waals surface area contributed by atoms with Gasteiger partial charge in [0.1, 0.15) is 6.61 Å². The van der Waals surface area contributed by atoms with Crippen LogP contribution in [0, 0.1) is 0 Å². The van der Waals surface area contributed by atoms with Crippen LogP contribution in [0.2, 0.25) is 0 Å². The van der Waals surface area contributed by atoms with E-state index in [4.69, 9.17) is 9.84 Å². The summed E-state index contributed by atoms with van der Waals surface area (Å²) >= 11 is 0. The molecule has 0 radical (unpaired) electrons. The minimum atomic E-state index is -0.981. The molecule has 1 aromatic carbocycles. The van der Waals surface area contributed by atoms with Gasteiger partial charge in [-0.2, -0.15) is 0 Å². The second-order valence-electron chi connectivity index (χ2n) is 4.26. The van der Waals surface area contributed by atoms with Gasteiger partial charge >= 0.3 is 5.97 Å². The number of benzene rings is 1. The Kier molecular flexibility index (Phi) is 6.46. The number of nitrogens with one attached hydrogen (secondary N) is 1. The van der Waals surface area contributed by atoms with Crippen molar-refractivity contribution in [3.63, 3.8) is 0 Å². The molecule has 1 unspecified atom stereocenters. The fourth-order valence-corrected chi connectivity index (χ4v) is 1.62. The van der Waals surface area contributed by atoms with Crippen molar-refractivity contribution in [1.29, 1.82) is 0 Å². The molecule has 1 amide bonds. The Hall–Kier alpha value is -2.14. The second-order valence-corrected chi connectivity index (χ2v) is 4.26. The summed E-state index contributed by atoms with van der Waals surface area (Å²) in [5.74, 6) is -1.14. The first kappa shape index (κ1) is 15.9. The maximum absolute atomic E-state index is 11.5. The average Bonchev–Trinajstić information content (AvgIpc) is 2.43. The first-order chi connectivity index (χ1) is 9.52. The predicted octanol–water partition coefficient (Wildman–Crippen LogP) is 2.00. The van der Waals surface area contributed by atoms with Crippen LogP contribution in [0.1, 0.15) is 31.0 Å². The molecule has 1 rings (SSSR count). The average molecular weight is 277 g/mol. The van der Waals surface area contributed by atoms with E-state index in [0.29, 0.717) is 6.61 Å². The van der Waals surface area contributed by atoms with E-state index in [1.54, 1.807) is 12.1 Å². The summed E-state index contributed by atoms with van der Waals surface area (Å²) in [6.07, 6.45) is 2.60. The SMILES string of the molecule is CCOCC(=O)NC(C)c1ccc(C=CC(=O)O)cc1. The number of hydrogen-bond acceptors (Lipinski definition) is 3. The quantitative estimate of drug-likeness (QED) is 0.747. The Morgan fingerprint density at radius 3 is 2.55 bits per heavy atom. The molecule has 1 aromatic rings. The van der Waals surface area contributed by atoms with Crippen LogP contribution in [0.25, 0.3) is 6.08 Å². The Morgan fingerprint density at radius 2 is 2.00 bits per heavy atom. The van der Waals surface area contributed by atoms with Crippen molar-refractivity contribution >= 4 is 18.0 Å². The highest BCUT2D eigenvalue weighted by molar-refractivity contribution is 5.85. The van der Waals surface area contributed by atoms with E-state index < -0.39 is 5.97 Å². The van der Waals surface area contributed by atoms with Crippen molar-refractivity contribution < 1.29 is 19.4 Å². The summed E-state index contributed by atoms with van der Waals surface area (Å²) < 4.78 is 5.03. The molecule has 2 N–H and O–H groups in total. The van der Waals surface area contributed by atoms with Gasteiger partial charge in [0.15, 0.2) is 0 Å². The van der Waals surface area contributed by atoms with Crippen LogP contribution in [0.3, 0.4) is 0 Å². The van der Waals surface area contributed by atoms with Crippen molar-refractivity contribution in [1.82, 2.24) is 5.32 Å². The topological polar surface area (TPSA) is 75.6 Å². The normalized spacial score (nSPS) is 12.3. The molecule has 0 spiro atoms. The van der Waals surface area contributed by atoms with Crippen molar-refractivity contribution in [2.75, 3.05) is 13.2 Å². The third-order valence-electron chi connectivity index (χ3n) is 2.67. The molecule has 0 bridgehead atoms. The fourth-order valence-electron chi connectivity index (χ4n) is 1.62. The van der Waals surface area contributed by atoms with Crippen LogP contribution < -0.4 is 5.32 Å². The van der Waals surface area contributed by atoms with Gasteiger partial charge in [0.25, 0.3) is 0 Å². The first-order valence-electron chi connectivity index (χ1n) is 6.41. The Bertz CT molecular complexity index is 479. The van der Waals surface area contributed by atoms with Gasteiger partial charge in [-0.25, -0.2) is 4.79 Å². The predicted molar refractivity (Wildman–Crippen MR) is 76.2 cm³/mol. The Morgan fingerprint density at radius 1 is 1.35 bits per heavy atom. The molecule has 0 aliphatic heterocycles. The zero-order valence-corrected chi connectivity index (χ0v) is 11.6. The van der Waals surface area contributed by atoms with Gasteiger partial charge in [0.05, 0.1) is 6.04 Å². The first-order valence-corrected chi connectivity index (χ1v) is 6.41. The molecule has 1 atom stereocenters. The third kappa shape index (κ3) is 5.67. The van der Waals surface area contributed by atoms with E-state index >= 15 is 0 Å². The van der Waals surface area contributed by atoms with E-state index in [0.717, 1.165) is 17.2 Å². The summed E-state index contributed by atoms with van der Waals surface area (Å²) in [5, 5.41) is 11.4. The number of amides is 1. The number of aliphatic carboxylic acids is 1. The number of ether oxygens (including phenoxy) is 1. The highest BCUT2D eigenvalue weighted by Gasteiger charge is 2.09. The van der Waals surface area contributed by atoms with Crippen molar-refractivity contribution in [2.45, 2.75) is 19.9 Å². The molecular formula is C15H19NO4. The molecule has 108 valence electrons. The monoisotopic (exact) mass is 277 g/mol. The zero-order chi connectivity index (χ0) is 15.0. The molecule has 5 nitrogen and oxygen atoms in total. The molecule has 0 aromatic heterocycles. The lowest BCUT2D eigenvalue weighted by atomic mass is 10.1. The molecule has 0 aliphatic rings. The molecule has 0 heterocycles. The number of carbonyl (C=O) groups is 2. The van der Waals surface area contributed by atoms with Crippen LogP contribution in [-0.4, -0.2) is 30.2 Å². The molecule has 20 heavy (non-hydrogen) atoms. The zero-order valence-electron chi connectivity index (χ0n) is 11.6. The molecule has 5 heteroatoms. The van der Waals surface area contributed by atoms with Crippen LogP contribution in [-0.2, 0) is 14.3 Å². The molecule has 0 saturated carbocycles. The van der Waals surface area contributed by atoms with E-state index in [9.17, 15) is 9.59 Å². The molecule has 0 saturated heterocycles. The summed E-state index contributed by atoms with van der Waals surface area (Å²) in [4.78, 5) is 21.9. The van der Waals surface area contributed by atoms with Crippen LogP contribution in [0.5, 0.6) is 0 Å². The van der Waals surface area contributed by atoms with Gasteiger partial charge in [0.2, 0.25) is 5.91 Å². The number of carboxylic acid groups (broad SMARTS) is 1. The highest BCUT2D eigenvalue weighted by Crippen LogP contribution is 2.14. The number of carbonyl (C=O) groups excluding carboxylic acids is 1. The lowest BCUT2D eigenvalue weighted by molar-refractivity contribution is -0.131. The van der Waals surface area contributed by atoms with E-state index in [1.807, 2.05) is 26.0 Å². The van der Waals surface area contributed by atoms with Crippen LogP contribution in [0.15, 0.2) is 30.3 Å². The summed E-state index contributed by atoms with van der Waals surface area (Å²) in [7, 11) is 0. The Labute approximate surface area is 118 Å². The maximum Gasteiger partial charge on any atom is 0.328 e. The smallest absolute Gasteiger partial charge is 0.328 e. The Balaban J connectivity index is 2.59. The van der Waals surface area contributed by atoms with Crippen LogP contribution >= 0.6 is 0 Å². The van der Waals surface area contributed by atoms with Crippen LogP contribution in [0.4, 0.5) is 0 Å². The lowest BCUT2D eigenvalue weighted by Gasteiger charge is -2.14. The van der Waals surface area contributed by atoms with Gasteiger partial charge in [-0.05, 0) is 31.1 Å². The summed E-state index contributed by atoms with van der Waals surface area (Å²) in [6, 6.07) is 7.20. The number of carboxylic acids is 1. The van der Waals surface area contributed by atoms with Gasteiger partial charge in [-0.15, -0.1) is 0 Å². The highest BCUT2D eigenvalue weighted by atomic mass is 16.5. The summed E-state index contributed by atoms with van der Waals surface area (Å²) in [6.45, 7) is 4.28. The van der Waals surface area contributed by atoms with Crippen molar-refractivity contribution in [3.05, 3.63) is 41.5 Å². The largest absolute Gasteiger partial charge is 0.478 e. The van der Waals surface area contributed by atoms with E-state index in [-0.39, 0.29) is 18.6 Å². The number of hydrogen-bond donors (Lipinski definition) is 2. The minimum absolute atomic E-state index is 0.0558. The van der Waals surface area contributed by atoms with Crippen molar-refractivity contribution in [3.8, 4) is 0 Å². The fraction of sp³-hybridized carbons (Fsp3) is 0.333. The van der Waals surface area contributed by atoms with Gasteiger partial charge < -0.3 is 15.2 Å². The summed E-state index contributed by atoms with van der Waals surface area (Å²) in [5.41, 5.74) is 1.74.